The minimum Gasteiger partial charge on any atom is -0.382 e. The predicted molar refractivity (Wildman–Crippen MR) is 37.8 cm³/mol. The second-order valence-corrected chi connectivity index (χ2v) is 2.67. The highest BCUT2D eigenvalue weighted by molar-refractivity contribution is 4.80. The lowest BCUT2D eigenvalue weighted by atomic mass is 10.1. The molecule has 2 nitrogen and oxygen atoms in total. The molecular formula is C7H14FNO. The van der Waals surface area contributed by atoms with Gasteiger partial charge in [0.15, 0.2) is 0 Å². The summed E-state index contributed by atoms with van der Waals surface area (Å²) in [6, 6.07) is 0.0416. The fraction of sp³-hybridized carbons (Fsp3) is 1.00. The number of ether oxygens (including phenoxy) is 1. The maximum absolute atomic E-state index is 12.9. The standard InChI is InChI=1S/C7H14FNO/c1-10-5-6(8)7-3-2-4-9-7/h6-7,9H,2-5H2,1H3. The molecule has 0 amide bonds. The van der Waals surface area contributed by atoms with Crippen LogP contribution in [0.4, 0.5) is 4.39 Å². The first-order chi connectivity index (χ1) is 4.84. The van der Waals surface area contributed by atoms with E-state index in [1.807, 2.05) is 0 Å². The number of alkyl halides is 1. The van der Waals surface area contributed by atoms with Crippen molar-refractivity contribution in [3.63, 3.8) is 0 Å². The van der Waals surface area contributed by atoms with Crippen molar-refractivity contribution in [3.05, 3.63) is 0 Å². The molecule has 1 fully saturated rings. The van der Waals surface area contributed by atoms with Crippen LogP contribution >= 0.6 is 0 Å². The summed E-state index contributed by atoms with van der Waals surface area (Å²) in [4.78, 5) is 0. The Hall–Kier alpha value is -0.150. The van der Waals surface area contributed by atoms with E-state index >= 15 is 0 Å². The molecule has 0 aromatic rings. The molecule has 0 aromatic heterocycles. The third-order valence-electron chi connectivity index (χ3n) is 1.86. The van der Waals surface area contributed by atoms with Crippen LogP contribution in [0.2, 0.25) is 0 Å². The Labute approximate surface area is 60.8 Å². The molecule has 1 heterocycles. The molecule has 0 radical (unpaired) electrons. The largest absolute Gasteiger partial charge is 0.382 e. The number of rotatable bonds is 3. The Morgan fingerprint density at radius 2 is 2.60 bits per heavy atom. The highest BCUT2D eigenvalue weighted by atomic mass is 19.1. The van der Waals surface area contributed by atoms with Crippen molar-refractivity contribution in [2.75, 3.05) is 20.3 Å². The zero-order chi connectivity index (χ0) is 7.40. The van der Waals surface area contributed by atoms with Crippen molar-refractivity contribution in [2.45, 2.75) is 25.1 Å². The summed E-state index contributed by atoms with van der Waals surface area (Å²) in [5.41, 5.74) is 0. The zero-order valence-corrected chi connectivity index (χ0v) is 6.27. The molecule has 0 bridgehead atoms. The second kappa shape index (κ2) is 3.88. The minimum absolute atomic E-state index is 0.0416. The maximum Gasteiger partial charge on any atom is 0.138 e. The van der Waals surface area contributed by atoms with Gasteiger partial charge in [-0.25, -0.2) is 4.39 Å². The van der Waals surface area contributed by atoms with Crippen LogP contribution in [-0.4, -0.2) is 32.5 Å². The molecule has 1 aliphatic heterocycles. The zero-order valence-electron chi connectivity index (χ0n) is 6.27. The maximum atomic E-state index is 12.9. The first-order valence-electron chi connectivity index (χ1n) is 3.71. The third-order valence-corrected chi connectivity index (χ3v) is 1.86. The SMILES string of the molecule is COCC(F)C1CCCN1. The second-order valence-electron chi connectivity index (χ2n) is 2.67. The van der Waals surface area contributed by atoms with E-state index in [0.717, 1.165) is 19.4 Å². The molecule has 1 aliphatic rings. The predicted octanol–water partition coefficient (Wildman–Crippen LogP) is 0.723. The normalized spacial score (nSPS) is 28.8. The molecule has 1 saturated heterocycles. The molecule has 0 aromatic carbocycles. The first-order valence-corrected chi connectivity index (χ1v) is 3.71. The summed E-state index contributed by atoms with van der Waals surface area (Å²) in [6.45, 7) is 1.17. The Kier molecular flexibility index (Phi) is 3.09. The van der Waals surface area contributed by atoms with Crippen LogP contribution in [0, 0.1) is 0 Å². The van der Waals surface area contributed by atoms with Crippen LogP contribution in [0.5, 0.6) is 0 Å². The molecule has 60 valence electrons. The smallest absolute Gasteiger partial charge is 0.138 e. The summed E-state index contributed by atoms with van der Waals surface area (Å²) in [6.07, 6.45) is 1.21. The Bertz CT molecular complexity index is 93.6. The van der Waals surface area contributed by atoms with Crippen molar-refractivity contribution in [2.24, 2.45) is 0 Å². The number of nitrogens with one attached hydrogen (secondary N) is 1. The number of hydrogen-bond acceptors (Lipinski definition) is 2. The van der Waals surface area contributed by atoms with E-state index in [1.165, 1.54) is 7.11 Å². The fourth-order valence-corrected chi connectivity index (χ4v) is 1.30. The van der Waals surface area contributed by atoms with Gasteiger partial charge in [0.05, 0.1) is 6.61 Å². The van der Waals surface area contributed by atoms with E-state index < -0.39 is 6.17 Å². The van der Waals surface area contributed by atoms with Crippen LogP contribution in [0.15, 0.2) is 0 Å². The van der Waals surface area contributed by atoms with E-state index in [1.54, 1.807) is 0 Å². The third kappa shape index (κ3) is 1.92. The topological polar surface area (TPSA) is 21.3 Å². The van der Waals surface area contributed by atoms with E-state index in [4.69, 9.17) is 4.74 Å². The van der Waals surface area contributed by atoms with E-state index in [2.05, 4.69) is 5.32 Å². The van der Waals surface area contributed by atoms with Crippen molar-refractivity contribution >= 4 is 0 Å². The Balaban J connectivity index is 2.18. The Morgan fingerprint density at radius 3 is 3.10 bits per heavy atom. The van der Waals surface area contributed by atoms with Crippen LogP contribution < -0.4 is 5.32 Å². The average molecular weight is 147 g/mol. The average Bonchev–Trinajstić information content (AvgIpc) is 2.38. The quantitative estimate of drug-likeness (QED) is 0.635. The van der Waals surface area contributed by atoms with Crippen LogP contribution in [-0.2, 0) is 4.74 Å². The minimum atomic E-state index is -0.826. The van der Waals surface area contributed by atoms with E-state index in [0.29, 0.717) is 0 Å². The molecule has 1 N–H and O–H groups in total. The molecule has 10 heavy (non-hydrogen) atoms. The van der Waals surface area contributed by atoms with Crippen LogP contribution in [0.25, 0.3) is 0 Å². The number of halogens is 1. The summed E-state index contributed by atoms with van der Waals surface area (Å²) in [7, 11) is 1.53. The van der Waals surface area contributed by atoms with Gasteiger partial charge in [-0.3, -0.25) is 0 Å². The van der Waals surface area contributed by atoms with Crippen molar-refractivity contribution in [1.82, 2.24) is 5.32 Å². The van der Waals surface area contributed by atoms with Gasteiger partial charge in [0, 0.05) is 13.2 Å². The van der Waals surface area contributed by atoms with Gasteiger partial charge >= 0.3 is 0 Å². The lowest BCUT2D eigenvalue weighted by Crippen LogP contribution is -2.34. The highest BCUT2D eigenvalue weighted by Crippen LogP contribution is 2.11. The molecule has 0 spiro atoms. The summed E-state index contributed by atoms with van der Waals surface area (Å²) in [5.74, 6) is 0. The van der Waals surface area contributed by atoms with Crippen molar-refractivity contribution in [1.29, 1.82) is 0 Å². The van der Waals surface area contributed by atoms with Gasteiger partial charge in [0.25, 0.3) is 0 Å². The van der Waals surface area contributed by atoms with Gasteiger partial charge < -0.3 is 10.1 Å². The molecular weight excluding hydrogens is 133 g/mol. The molecule has 2 unspecified atom stereocenters. The van der Waals surface area contributed by atoms with Gasteiger partial charge in [-0.2, -0.15) is 0 Å². The van der Waals surface area contributed by atoms with E-state index in [9.17, 15) is 4.39 Å². The van der Waals surface area contributed by atoms with Crippen LogP contribution in [0.1, 0.15) is 12.8 Å². The molecule has 0 saturated carbocycles. The summed E-state index contributed by atoms with van der Waals surface area (Å²) >= 11 is 0. The summed E-state index contributed by atoms with van der Waals surface area (Å²) < 4.78 is 17.6. The molecule has 1 rings (SSSR count). The van der Waals surface area contributed by atoms with Gasteiger partial charge in [0.1, 0.15) is 6.17 Å². The first kappa shape index (κ1) is 7.95. The monoisotopic (exact) mass is 147 g/mol. The van der Waals surface area contributed by atoms with Gasteiger partial charge in [-0.05, 0) is 19.4 Å². The van der Waals surface area contributed by atoms with E-state index in [-0.39, 0.29) is 12.6 Å². The van der Waals surface area contributed by atoms with Gasteiger partial charge in [-0.1, -0.05) is 0 Å². The van der Waals surface area contributed by atoms with Crippen molar-refractivity contribution < 1.29 is 9.13 Å². The lowest BCUT2D eigenvalue weighted by molar-refractivity contribution is 0.104. The highest BCUT2D eigenvalue weighted by Gasteiger charge is 2.23. The van der Waals surface area contributed by atoms with Gasteiger partial charge in [-0.15, -0.1) is 0 Å². The Morgan fingerprint density at radius 1 is 1.80 bits per heavy atom. The summed E-state index contributed by atoms with van der Waals surface area (Å²) in [5, 5.41) is 3.09. The number of hydrogen-bond donors (Lipinski definition) is 1. The number of methoxy groups -OCH3 is 1. The van der Waals surface area contributed by atoms with Crippen molar-refractivity contribution in [3.8, 4) is 0 Å². The lowest BCUT2D eigenvalue weighted by Gasteiger charge is -2.14. The molecule has 3 heteroatoms. The van der Waals surface area contributed by atoms with Crippen LogP contribution in [0.3, 0.4) is 0 Å². The van der Waals surface area contributed by atoms with Gasteiger partial charge in [0.2, 0.25) is 0 Å². The molecule has 0 aliphatic carbocycles. The fourth-order valence-electron chi connectivity index (χ4n) is 1.30. The molecule has 2 atom stereocenters.